The Hall–Kier alpha value is -0.780. The molecule has 0 aromatic heterocycles. The van der Waals surface area contributed by atoms with Crippen molar-refractivity contribution in [2.24, 2.45) is 0 Å². The van der Waals surface area contributed by atoms with E-state index in [1.165, 1.54) is 29.5 Å². The minimum atomic E-state index is 0.841. The highest BCUT2D eigenvalue weighted by Crippen LogP contribution is 2.40. The predicted octanol–water partition coefficient (Wildman–Crippen LogP) is 2.98. The van der Waals surface area contributed by atoms with Crippen LogP contribution in [-0.4, -0.2) is 0 Å². The van der Waals surface area contributed by atoms with Crippen molar-refractivity contribution in [3.8, 4) is 0 Å². The van der Waals surface area contributed by atoms with Gasteiger partial charge in [0.2, 0.25) is 0 Å². The maximum Gasteiger partial charge on any atom is -0.0114 e. The van der Waals surface area contributed by atoms with Gasteiger partial charge < -0.3 is 0 Å². The third-order valence-corrected chi connectivity index (χ3v) is 2.19. The van der Waals surface area contributed by atoms with E-state index in [2.05, 4.69) is 32.0 Å². The largest absolute Gasteiger partial charge is 0.0557 e. The SMILES string of the molecule is Cc1[c]c(C2CC2)cc(C)c1. The van der Waals surface area contributed by atoms with E-state index < -0.39 is 0 Å². The summed E-state index contributed by atoms with van der Waals surface area (Å²) in [5.41, 5.74) is 4.09. The molecule has 1 fully saturated rings. The van der Waals surface area contributed by atoms with E-state index in [-0.39, 0.29) is 0 Å². The van der Waals surface area contributed by atoms with E-state index in [1.807, 2.05) is 0 Å². The van der Waals surface area contributed by atoms with E-state index in [4.69, 9.17) is 0 Å². The van der Waals surface area contributed by atoms with Crippen LogP contribution in [-0.2, 0) is 0 Å². The van der Waals surface area contributed by atoms with Gasteiger partial charge in [-0.1, -0.05) is 17.7 Å². The van der Waals surface area contributed by atoms with E-state index in [0.717, 1.165) is 5.92 Å². The molecule has 1 aliphatic carbocycles. The number of hydrogen-bond acceptors (Lipinski definition) is 0. The highest BCUT2D eigenvalue weighted by atomic mass is 14.3. The lowest BCUT2D eigenvalue weighted by atomic mass is 10.0. The molecule has 1 aromatic rings. The summed E-state index contributed by atoms with van der Waals surface area (Å²) in [7, 11) is 0. The molecule has 2 rings (SSSR count). The summed E-state index contributed by atoms with van der Waals surface area (Å²) in [4.78, 5) is 0. The summed E-state index contributed by atoms with van der Waals surface area (Å²) in [6.07, 6.45) is 2.75. The molecule has 1 radical (unpaired) electrons. The Morgan fingerprint density at radius 3 is 2.55 bits per heavy atom. The third kappa shape index (κ3) is 1.45. The molecule has 0 unspecified atom stereocenters. The quantitative estimate of drug-likeness (QED) is 0.570. The van der Waals surface area contributed by atoms with Crippen molar-refractivity contribution in [2.45, 2.75) is 32.6 Å². The van der Waals surface area contributed by atoms with Gasteiger partial charge in [-0.15, -0.1) is 0 Å². The van der Waals surface area contributed by atoms with Crippen LogP contribution in [0.4, 0.5) is 0 Å². The fourth-order valence-electron chi connectivity index (χ4n) is 1.54. The van der Waals surface area contributed by atoms with Crippen LogP contribution >= 0.6 is 0 Å². The van der Waals surface area contributed by atoms with Crippen LogP contribution in [0.2, 0.25) is 0 Å². The van der Waals surface area contributed by atoms with E-state index >= 15 is 0 Å². The van der Waals surface area contributed by atoms with Crippen LogP contribution in [0, 0.1) is 19.9 Å². The molecule has 0 spiro atoms. The highest BCUT2D eigenvalue weighted by molar-refractivity contribution is 5.31. The monoisotopic (exact) mass is 145 g/mol. The van der Waals surface area contributed by atoms with Gasteiger partial charge in [-0.25, -0.2) is 0 Å². The number of rotatable bonds is 1. The van der Waals surface area contributed by atoms with Gasteiger partial charge in [-0.2, -0.15) is 0 Å². The van der Waals surface area contributed by atoms with Crippen molar-refractivity contribution < 1.29 is 0 Å². The highest BCUT2D eigenvalue weighted by Gasteiger charge is 2.23. The Labute approximate surface area is 68.3 Å². The molecular formula is C11H13. The Bertz CT molecular complexity index is 249. The zero-order valence-corrected chi connectivity index (χ0v) is 7.15. The van der Waals surface area contributed by atoms with Crippen molar-refractivity contribution in [3.63, 3.8) is 0 Å². The standard InChI is InChI=1S/C11H13/c1-8-5-9(2)7-11(6-8)10-3-4-10/h5-6,10H,3-4H2,1-2H3. The zero-order chi connectivity index (χ0) is 7.84. The lowest BCUT2D eigenvalue weighted by Crippen LogP contribution is -1.84. The van der Waals surface area contributed by atoms with Gasteiger partial charge in [0, 0.05) is 0 Å². The molecule has 0 aliphatic heterocycles. The predicted molar refractivity (Wildman–Crippen MR) is 46.7 cm³/mol. The second-order valence-electron chi connectivity index (χ2n) is 3.57. The maximum atomic E-state index is 3.41. The average Bonchev–Trinajstić information content (AvgIpc) is 2.64. The Kier molecular flexibility index (Phi) is 1.49. The van der Waals surface area contributed by atoms with Gasteiger partial charge in [-0.3, -0.25) is 0 Å². The Balaban J connectivity index is 2.39. The second-order valence-corrected chi connectivity index (χ2v) is 3.57. The molecule has 1 aromatic carbocycles. The van der Waals surface area contributed by atoms with Crippen molar-refractivity contribution in [1.29, 1.82) is 0 Å². The average molecular weight is 145 g/mol. The van der Waals surface area contributed by atoms with Gasteiger partial charge in [0.1, 0.15) is 0 Å². The molecule has 0 heteroatoms. The molecule has 0 amide bonds. The van der Waals surface area contributed by atoms with E-state index in [1.54, 1.807) is 0 Å². The Morgan fingerprint density at radius 2 is 2.00 bits per heavy atom. The lowest BCUT2D eigenvalue weighted by Gasteiger charge is -2.00. The summed E-state index contributed by atoms with van der Waals surface area (Å²) in [5.74, 6) is 0.841. The fourth-order valence-corrected chi connectivity index (χ4v) is 1.54. The smallest absolute Gasteiger partial charge is 0.0114 e. The summed E-state index contributed by atoms with van der Waals surface area (Å²) in [5, 5.41) is 0. The first-order valence-corrected chi connectivity index (χ1v) is 4.26. The summed E-state index contributed by atoms with van der Waals surface area (Å²) in [6.45, 7) is 4.28. The van der Waals surface area contributed by atoms with Crippen molar-refractivity contribution in [1.82, 2.24) is 0 Å². The van der Waals surface area contributed by atoms with Crippen LogP contribution in [0.25, 0.3) is 0 Å². The van der Waals surface area contributed by atoms with Gasteiger partial charge >= 0.3 is 0 Å². The summed E-state index contributed by atoms with van der Waals surface area (Å²) < 4.78 is 0. The third-order valence-electron chi connectivity index (χ3n) is 2.19. The molecule has 1 saturated carbocycles. The van der Waals surface area contributed by atoms with Gasteiger partial charge in [-0.05, 0) is 49.8 Å². The van der Waals surface area contributed by atoms with Crippen LogP contribution in [0.3, 0.4) is 0 Å². The Morgan fingerprint density at radius 1 is 1.27 bits per heavy atom. The van der Waals surface area contributed by atoms with Crippen LogP contribution in [0.15, 0.2) is 12.1 Å². The minimum Gasteiger partial charge on any atom is -0.0557 e. The van der Waals surface area contributed by atoms with Crippen molar-refractivity contribution in [3.05, 3.63) is 34.9 Å². The molecule has 0 heterocycles. The maximum absolute atomic E-state index is 3.41. The summed E-state index contributed by atoms with van der Waals surface area (Å²) in [6, 6.07) is 7.86. The van der Waals surface area contributed by atoms with E-state index in [9.17, 15) is 0 Å². The first kappa shape index (κ1) is 6.90. The summed E-state index contributed by atoms with van der Waals surface area (Å²) >= 11 is 0. The normalized spacial score (nSPS) is 16.9. The number of aryl methyl sites for hydroxylation is 2. The topological polar surface area (TPSA) is 0 Å². The lowest BCUT2D eigenvalue weighted by molar-refractivity contribution is 1.11. The van der Waals surface area contributed by atoms with Crippen molar-refractivity contribution >= 4 is 0 Å². The molecule has 11 heavy (non-hydrogen) atoms. The van der Waals surface area contributed by atoms with Crippen LogP contribution in [0.1, 0.15) is 35.4 Å². The molecule has 0 bridgehead atoms. The molecule has 0 atom stereocenters. The zero-order valence-electron chi connectivity index (χ0n) is 7.15. The molecule has 0 nitrogen and oxygen atoms in total. The number of hydrogen-bond donors (Lipinski definition) is 0. The first-order valence-electron chi connectivity index (χ1n) is 4.26. The van der Waals surface area contributed by atoms with Gasteiger partial charge in [0.25, 0.3) is 0 Å². The molecule has 1 aliphatic rings. The van der Waals surface area contributed by atoms with Crippen molar-refractivity contribution in [2.75, 3.05) is 0 Å². The van der Waals surface area contributed by atoms with E-state index in [0.29, 0.717) is 0 Å². The van der Waals surface area contributed by atoms with Gasteiger partial charge in [0.05, 0.1) is 0 Å². The van der Waals surface area contributed by atoms with Crippen LogP contribution < -0.4 is 0 Å². The second kappa shape index (κ2) is 2.37. The molecule has 0 N–H and O–H groups in total. The first-order chi connectivity index (χ1) is 5.25. The molecule has 0 saturated heterocycles. The fraction of sp³-hybridized carbons (Fsp3) is 0.455. The number of benzene rings is 1. The van der Waals surface area contributed by atoms with Gasteiger partial charge in [0.15, 0.2) is 0 Å². The molecule has 57 valence electrons. The van der Waals surface area contributed by atoms with Crippen LogP contribution in [0.5, 0.6) is 0 Å². The molecular weight excluding hydrogens is 132 g/mol. The minimum absolute atomic E-state index is 0.841.